The van der Waals surface area contributed by atoms with Crippen molar-refractivity contribution in [3.8, 4) is 0 Å². The van der Waals surface area contributed by atoms with E-state index in [9.17, 15) is 0 Å². The Balaban J connectivity index is 1.94. The van der Waals surface area contributed by atoms with Crippen molar-refractivity contribution in [2.24, 2.45) is 0 Å². The summed E-state index contributed by atoms with van der Waals surface area (Å²) in [6.07, 6.45) is 3.89. The third-order valence-corrected chi connectivity index (χ3v) is 3.27. The van der Waals surface area contributed by atoms with Gasteiger partial charge in [0.1, 0.15) is 0 Å². The van der Waals surface area contributed by atoms with Crippen LogP contribution in [0.4, 0.5) is 0 Å². The molecule has 0 aromatic carbocycles. The molecule has 0 saturated carbocycles. The lowest BCUT2D eigenvalue weighted by molar-refractivity contribution is -0.179. The van der Waals surface area contributed by atoms with E-state index in [1.165, 1.54) is 32.4 Å². The summed E-state index contributed by atoms with van der Waals surface area (Å²) in [7, 11) is 0. The molecule has 0 N–H and O–H groups in total. The zero-order valence-corrected chi connectivity index (χ0v) is 8.18. The van der Waals surface area contributed by atoms with E-state index in [0.29, 0.717) is 6.04 Å². The Labute approximate surface area is 74.9 Å². The van der Waals surface area contributed by atoms with Crippen molar-refractivity contribution in [2.75, 3.05) is 19.7 Å². The van der Waals surface area contributed by atoms with E-state index in [1.54, 1.807) is 0 Å². The number of piperidine rings is 1. The summed E-state index contributed by atoms with van der Waals surface area (Å²) in [5, 5.41) is 0. The topological polar surface area (TPSA) is 12.5 Å². The summed E-state index contributed by atoms with van der Waals surface area (Å²) < 4.78 is 5.70. The number of hydrogen-bond acceptors (Lipinski definition) is 2. The van der Waals surface area contributed by atoms with Gasteiger partial charge in [0.05, 0.1) is 12.2 Å². The van der Waals surface area contributed by atoms with Crippen LogP contribution < -0.4 is 0 Å². The minimum Gasteiger partial charge on any atom is -0.373 e. The first-order valence-electron chi connectivity index (χ1n) is 5.10. The normalized spacial score (nSPS) is 37.2. The molecule has 1 atom stereocenters. The van der Waals surface area contributed by atoms with Crippen molar-refractivity contribution in [1.29, 1.82) is 0 Å². The fourth-order valence-corrected chi connectivity index (χ4v) is 2.29. The summed E-state index contributed by atoms with van der Waals surface area (Å²) in [5.74, 6) is 0. The first-order chi connectivity index (χ1) is 5.72. The molecule has 0 unspecified atom stereocenters. The van der Waals surface area contributed by atoms with Crippen LogP contribution in [0.5, 0.6) is 0 Å². The predicted molar refractivity (Wildman–Crippen MR) is 49.2 cm³/mol. The Hall–Kier alpha value is -0.0800. The molecule has 0 amide bonds. The van der Waals surface area contributed by atoms with Gasteiger partial charge in [-0.3, -0.25) is 4.90 Å². The maximum Gasteiger partial charge on any atom is 0.0831 e. The third-order valence-electron chi connectivity index (χ3n) is 3.27. The fourth-order valence-electron chi connectivity index (χ4n) is 2.29. The van der Waals surface area contributed by atoms with Crippen molar-refractivity contribution in [3.63, 3.8) is 0 Å². The summed E-state index contributed by atoms with van der Waals surface area (Å²) in [6, 6.07) is 0.686. The van der Waals surface area contributed by atoms with Crippen molar-refractivity contribution >= 4 is 0 Å². The highest BCUT2D eigenvalue weighted by atomic mass is 16.5. The number of rotatable bonds is 1. The lowest BCUT2D eigenvalue weighted by Gasteiger charge is -2.49. The quantitative estimate of drug-likeness (QED) is 0.592. The lowest BCUT2D eigenvalue weighted by atomic mass is 9.85. The van der Waals surface area contributed by atoms with Crippen LogP contribution in [0, 0.1) is 0 Å². The third kappa shape index (κ3) is 1.38. The number of hydrogen-bond donors (Lipinski definition) is 0. The van der Waals surface area contributed by atoms with Crippen LogP contribution in [0.25, 0.3) is 0 Å². The van der Waals surface area contributed by atoms with Crippen molar-refractivity contribution in [3.05, 3.63) is 0 Å². The molecule has 2 rings (SSSR count). The molecule has 0 radical (unpaired) electrons. The molecule has 0 aliphatic carbocycles. The zero-order chi connectivity index (χ0) is 8.60. The molecule has 0 bridgehead atoms. The number of nitrogens with zero attached hydrogens (tertiary/aromatic N) is 1. The Morgan fingerprint density at radius 2 is 2.08 bits per heavy atom. The standard InChI is InChI=1S/C10H19NO/c1-9(2)11-6-3-4-10(8-11)5-7-12-10/h9H,3-8H2,1-2H3/t10-/m0/s1. The largest absolute Gasteiger partial charge is 0.373 e. The van der Waals surface area contributed by atoms with Crippen LogP contribution in [-0.2, 0) is 4.74 Å². The highest BCUT2D eigenvalue weighted by Crippen LogP contribution is 2.35. The fraction of sp³-hybridized carbons (Fsp3) is 1.00. The number of ether oxygens (including phenoxy) is 1. The predicted octanol–water partition coefficient (Wildman–Crippen LogP) is 1.65. The van der Waals surface area contributed by atoms with E-state index < -0.39 is 0 Å². The van der Waals surface area contributed by atoms with Gasteiger partial charge in [0.2, 0.25) is 0 Å². The molecule has 2 heterocycles. The van der Waals surface area contributed by atoms with E-state index in [-0.39, 0.29) is 5.60 Å². The highest BCUT2D eigenvalue weighted by Gasteiger charge is 2.42. The molecule has 1 spiro atoms. The number of likely N-dealkylation sites (tertiary alicyclic amines) is 1. The maximum absolute atomic E-state index is 5.70. The molecule has 70 valence electrons. The van der Waals surface area contributed by atoms with Gasteiger partial charge in [-0.15, -0.1) is 0 Å². The second-order valence-electron chi connectivity index (χ2n) is 4.45. The van der Waals surface area contributed by atoms with Crippen LogP contribution >= 0.6 is 0 Å². The monoisotopic (exact) mass is 169 g/mol. The van der Waals surface area contributed by atoms with Crippen LogP contribution in [0.1, 0.15) is 33.1 Å². The van der Waals surface area contributed by atoms with Crippen LogP contribution in [-0.4, -0.2) is 36.2 Å². The summed E-state index contributed by atoms with van der Waals surface area (Å²) >= 11 is 0. The Morgan fingerprint density at radius 1 is 1.33 bits per heavy atom. The molecular formula is C10H19NO. The SMILES string of the molecule is CC(C)N1CCC[C@]2(CCO2)C1. The Kier molecular flexibility index (Phi) is 2.13. The molecule has 2 aliphatic heterocycles. The molecule has 12 heavy (non-hydrogen) atoms. The van der Waals surface area contributed by atoms with Gasteiger partial charge in [0.15, 0.2) is 0 Å². The molecule has 2 aliphatic rings. The van der Waals surface area contributed by atoms with Crippen molar-refractivity contribution in [2.45, 2.75) is 44.8 Å². The van der Waals surface area contributed by atoms with Gasteiger partial charge in [0, 0.05) is 19.0 Å². The Morgan fingerprint density at radius 3 is 2.58 bits per heavy atom. The first-order valence-corrected chi connectivity index (χ1v) is 5.10. The molecule has 2 saturated heterocycles. The molecule has 2 fully saturated rings. The molecule has 0 aromatic rings. The van der Waals surface area contributed by atoms with E-state index in [0.717, 1.165) is 6.61 Å². The van der Waals surface area contributed by atoms with Gasteiger partial charge in [-0.05, 0) is 33.2 Å². The molecule has 0 aromatic heterocycles. The van der Waals surface area contributed by atoms with Crippen LogP contribution in [0.15, 0.2) is 0 Å². The van der Waals surface area contributed by atoms with E-state index in [4.69, 9.17) is 4.74 Å². The van der Waals surface area contributed by atoms with Crippen molar-refractivity contribution in [1.82, 2.24) is 4.90 Å². The van der Waals surface area contributed by atoms with E-state index >= 15 is 0 Å². The summed E-state index contributed by atoms with van der Waals surface area (Å²) in [4.78, 5) is 2.54. The van der Waals surface area contributed by atoms with E-state index in [1.807, 2.05) is 0 Å². The van der Waals surface area contributed by atoms with Crippen molar-refractivity contribution < 1.29 is 4.74 Å². The summed E-state index contributed by atoms with van der Waals surface area (Å²) in [5.41, 5.74) is 0.280. The summed E-state index contributed by atoms with van der Waals surface area (Å²) in [6.45, 7) is 7.98. The van der Waals surface area contributed by atoms with Gasteiger partial charge in [-0.1, -0.05) is 0 Å². The first kappa shape index (κ1) is 8.52. The second-order valence-corrected chi connectivity index (χ2v) is 4.45. The maximum atomic E-state index is 5.70. The molecule has 2 nitrogen and oxygen atoms in total. The average molecular weight is 169 g/mol. The Bertz CT molecular complexity index is 163. The molecule has 2 heteroatoms. The smallest absolute Gasteiger partial charge is 0.0831 e. The van der Waals surface area contributed by atoms with Gasteiger partial charge in [-0.25, -0.2) is 0 Å². The van der Waals surface area contributed by atoms with Gasteiger partial charge in [-0.2, -0.15) is 0 Å². The van der Waals surface area contributed by atoms with Gasteiger partial charge in [0.25, 0.3) is 0 Å². The highest BCUT2D eigenvalue weighted by molar-refractivity contribution is 4.94. The van der Waals surface area contributed by atoms with Gasteiger partial charge >= 0.3 is 0 Å². The van der Waals surface area contributed by atoms with Crippen LogP contribution in [0.2, 0.25) is 0 Å². The van der Waals surface area contributed by atoms with Crippen LogP contribution in [0.3, 0.4) is 0 Å². The minimum absolute atomic E-state index is 0.280. The van der Waals surface area contributed by atoms with Gasteiger partial charge < -0.3 is 4.74 Å². The second kappa shape index (κ2) is 3.00. The minimum atomic E-state index is 0.280. The molecular weight excluding hydrogens is 150 g/mol. The lowest BCUT2D eigenvalue weighted by Crippen LogP contribution is -2.57. The zero-order valence-electron chi connectivity index (χ0n) is 8.18. The van der Waals surface area contributed by atoms with E-state index in [2.05, 4.69) is 18.7 Å². The average Bonchev–Trinajstić information content (AvgIpc) is 2.02.